The number of hydrogen-bond acceptors (Lipinski definition) is 5. The zero-order valence-corrected chi connectivity index (χ0v) is 17.7. The molecule has 6 nitrogen and oxygen atoms in total. The molecule has 3 aromatic rings. The summed E-state index contributed by atoms with van der Waals surface area (Å²) in [5.74, 6) is 2.37. The number of nitrogens with one attached hydrogen (secondary N) is 1. The van der Waals surface area contributed by atoms with E-state index < -0.39 is 0 Å². The van der Waals surface area contributed by atoms with E-state index in [4.69, 9.17) is 14.5 Å². The number of fused-ring (bicyclic) bond motifs is 1. The van der Waals surface area contributed by atoms with E-state index in [9.17, 15) is 4.79 Å². The molecule has 4 rings (SSSR count). The second-order valence-corrected chi connectivity index (χ2v) is 8.70. The van der Waals surface area contributed by atoms with E-state index in [1.807, 2.05) is 44.2 Å². The highest BCUT2D eigenvalue weighted by molar-refractivity contribution is 7.99. The Morgan fingerprint density at radius 3 is 2.76 bits per heavy atom. The standard InChI is InChI=1S/C22H27N3O3S/c1-15(2)27-12-3-13-29-22-24-19-10-11-23-20(19)21(26)25(22)17-6-8-18(9-7-17)28-14-16-4-5-16/h6-11,15-16,23H,3-5,12-14H2,1-2H3. The van der Waals surface area contributed by atoms with Crippen LogP contribution in [0.1, 0.15) is 33.1 Å². The predicted octanol–water partition coefficient (Wildman–Crippen LogP) is 4.41. The van der Waals surface area contributed by atoms with Gasteiger partial charge in [0, 0.05) is 18.6 Å². The van der Waals surface area contributed by atoms with Gasteiger partial charge in [-0.3, -0.25) is 9.36 Å². The molecule has 7 heteroatoms. The molecular weight excluding hydrogens is 386 g/mol. The quantitative estimate of drug-likeness (QED) is 0.303. The van der Waals surface area contributed by atoms with Crippen LogP contribution < -0.4 is 10.3 Å². The van der Waals surface area contributed by atoms with E-state index in [1.54, 1.807) is 22.5 Å². The van der Waals surface area contributed by atoms with Crippen molar-refractivity contribution in [3.63, 3.8) is 0 Å². The third-order valence-corrected chi connectivity index (χ3v) is 5.82. The van der Waals surface area contributed by atoms with Crippen molar-refractivity contribution in [1.29, 1.82) is 0 Å². The maximum Gasteiger partial charge on any atom is 0.283 e. The molecule has 1 saturated carbocycles. The Balaban J connectivity index is 1.55. The fourth-order valence-electron chi connectivity index (χ4n) is 3.03. The molecule has 0 atom stereocenters. The van der Waals surface area contributed by atoms with Crippen molar-refractivity contribution < 1.29 is 9.47 Å². The molecule has 0 aliphatic heterocycles. The summed E-state index contributed by atoms with van der Waals surface area (Å²) in [7, 11) is 0. The number of benzene rings is 1. The Labute approximate surface area is 174 Å². The summed E-state index contributed by atoms with van der Waals surface area (Å²) in [5.41, 5.74) is 1.91. The van der Waals surface area contributed by atoms with Crippen LogP contribution in [-0.2, 0) is 4.74 Å². The molecule has 0 unspecified atom stereocenters. The first kappa shape index (κ1) is 20.0. The van der Waals surface area contributed by atoms with Crippen molar-refractivity contribution in [2.24, 2.45) is 5.92 Å². The Bertz CT molecular complexity index is 1010. The minimum absolute atomic E-state index is 0.0902. The lowest BCUT2D eigenvalue weighted by Crippen LogP contribution is -2.22. The summed E-state index contributed by atoms with van der Waals surface area (Å²) < 4.78 is 13.1. The minimum atomic E-state index is -0.0902. The van der Waals surface area contributed by atoms with Crippen LogP contribution in [0, 0.1) is 5.92 Å². The van der Waals surface area contributed by atoms with Crippen LogP contribution in [0.2, 0.25) is 0 Å². The van der Waals surface area contributed by atoms with Gasteiger partial charge in [-0.2, -0.15) is 0 Å². The van der Waals surface area contributed by atoms with Crippen LogP contribution in [0.4, 0.5) is 0 Å². The Morgan fingerprint density at radius 1 is 1.24 bits per heavy atom. The van der Waals surface area contributed by atoms with Gasteiger partial charge in [0.25, 0.3) is 5.56 Å². The summed E-state index contributed by atoms with van der Waals surface area (Å²) >= 11 is 1.58. The largest absolute Gasteiger partial charge is 0.493 e. The predicted molar refractivity (Wildman–Crippen MR) is 116 cm³/mol. The van der Waals surface area contributed by atoms with Gasteiger partial charge in [-0.1, -0.05) is 11.8 Å². The highest BCUT2D eigenvalue weighted by Crippen LogP contribution is 2.30. The van der Waals surface area contributed by atoms with Gasteiger partial charge < -0.3 is 14.5 Å². The summed E-state index contributed by atoms with van der Waals surface area (Å²) in [5, 5.41) is 0.693. The number of thioether (sulfide) groups is 1. The molecule has 1 fully saturated rings. The molecule has 0 bridgehead atoms. The lowest BCUT2D eigenvalue weighted by atomic mass is 10.3. The lowest BCUT2D eigenvalue weighted by Gasteiger charge is -2.13. The minimum Gasteiger partial charge on any atom is -0.493 e. The smallest absolute Gasteiger partial charge is 0.283 e. The summed E-state index contributed by atoms with van der Waals surface area (Å²) in [6, 6.07) is 9.53. The van der Waals surface area contributed by atoms with Gasteiger partial charge in [-0.15, -0.1) is 0 Å². The topological polar surface area (TPSA) is 69.1 Å². The highest BCUT2D eigenvalue weighted by Gasteiger charge is 2.22. The summed E-state index contributed by atoms with van der Waals surface area (Å²) in [6.45, 7) is 5.54. The van der Waals surface area contributed by atoms with Crippen molar-refractivity contribution in [1.82, 2.24) is 14.5 Å². The number of H-pyrrole nitrogens is 1. The molecule has 2 aromatic heterocycles. The molecule has 1 aromatic carbocycles. The molecule has 29 heavy (non-hydrogen) atoms. The van der Waals surface area contributed by atoms with Crippen molar-refractivity contribution in [3.05, 3.63) is 46.9 Å². The van der Waals surface area contributed by atoms with Crippen LogP contribution in [0.5, 0.6) is 5.75 Å². The zero-order chi connectivity index (χ0) is 20.2. The molecule has 1 aliphatic carbocycles. The maximum atomic E-state index is 13.1. The van der Waals surface area contributed by atoms with Gasteiger partial charge in [0.1, 0.15) is 11.3 Å². The van der Waals surface area contributed by atoms with E-state index >= 15 is 0 Å². The molecule has 0 saturated heterocycles. The first-order valence-electron chi connectivity index (χ1n) is 10.2. The van der Waals surface area contributed by atoms with Gasteiger partial charge >= 0.3 is 0 Å². The third-order valence-electron chi connectivity index (χ3n) is 4.80. The third kappa shape index (κ3) is 5.03. The second kappa shape index (κ2) is 9.05. The Kier molecular flexibility index (Phi) is 6.25. The molecule has 0 amide bonds. The fourth-order valence-corrected chi connectivity index (χ4v) is 3.96. The first-order valence-corrected chi connectivity index (χ1v) is 11.2. The van der Waals surface area contributed by atoms with Crippen molar-refractivity contribution in [2.75, 3.05) is 19.0 Å². The molecule has 0 spiro atoms. The van der Waals surface area contributed by atoms with E-state index in [2.05, 4.69) is 4.98 Å². The first-order chi connectivity index (χ1) is 14.1. The average Bonchev–Trinajstić information content (AvgIpc) is 3.42. The van der Waals surface area contributed by atoms with Gasteiger partial charge in [-0.05, 0) is 69.4 Å². The van der Waals surface area contributed by atoms with E-state index in [0.717, 1.165) is 30.2 Å². The second-order valence-electron chi connectivity index (χ2n) is 7.64. The average molecular weight is 414 g/mol. The van der Waals surface area contributed by atoms with E-state index in [1.165, 1.54) is 12.8 Å². The summed E-state index contributed by atoms with van der Waals surface area (Å²) in [6.07, 6.45) is 5.41. The van der Waals surface area contributed by atoms with Crippen molar-refractivity contribution in [3.8, 4) is 11.4 Å². The molecule has 2 heterocycles. The van der Waals surface area contributed by atoms with Gasteiger partial charge in [0.05, 0.1) is 23.9 Å². The van der Waals surface area contributed by atoms with Crippen molar-refractivity contribution in [2.45, 2.75) is 44.4 Å². The number of nitrogens with zero attached hydrogens (tertiary/aromatic N) is 2. The van der Waals surface area contributed by atoms with Crippen LogP contribution in [0.3, 0.4) is 0 Å². The Morgan fingerprint density at radius 2 is 2.03 bits per heavy atom. The molecule has 1 aliphatic rings. The summed E-state index contributed by atoms with van der Waals surface area (Å²) in [4.78, 5) is 20.9. The molecule has 0 radical (unpaired) electrons. The Hall–Kier alpha value is -2.25. The fraction of sp³-hybridized carbons (Fsp3) is 0.455. The number of hydrogen-bond donors (Lipinski definition) is 1. The monoisotopic (exact) mass is 413 g/mol. The maximum absolute atomic E-state index is 13.1. The van der Waals surface area contributed by atoms with Crippen LogP contribution >= 0.6 is 11.8 Å². The zero-order valence-electron chi connectivity index (χ0n) is 16.9. The van der Waals surface area contributed by atoms with E-state index in [-0.39, 0.29) is 11.7 Å². The van der Waals surface area contributed by atoms with Gasteiger partial charge in [0.15, 0.2) is 5.16 Å². The highest BCUT2D eigenvalue weighted by atomic mass is 32.2. The number of aromatic nitrogens is 3. The van der Waals surface area contributed by atoms with Gasteiger partial charge in [-0.25, -0.2) is 4.98 Å². The lowest BCUT2D eigenvalue weighted by molar-refractivity contribution is 0.0799. The SMILES string of the molecule is CC(C)OCCCSc1nc2cc[nH]c2c(=O)n1-c1ccc(OCC2CC2)cc1. The van der Waals surface area contributed by atoms with Crippen LogP contribution in [0.25, 0.3) is 16.7 Å². The van der Waals surface area contributed by atoms with E-state index in [0.29, 0.717) is 28.7 Å². The molecule has 1 N–H and O–H groups in total. The molecular formula is C22H27N3O3S. The number of ether oxygens (including phenoxy) is 2. The number of rotatable bonds is 10. The van der Waals surface area contributed by atoms with Gasteiger partial charge in [0.2, 0.25) is 0 Å². The van der Waals surface area contributed by atoms with Crippen LogP contribution in [0.15, 0.2) is 46.5 Å². The van der Waals surface area contributed by atoms with Crippen LogP contribution in [-0.4, -0.2) is 39.6 Å². The number of aromatic amines is 1. The van der Waals surface area contributed by atoms with Crippen molar-refractivity contribution >= 4 is 22.8 Å². The molecule has 154 valence electrons. The normalized spacial score (nSPS) is 14.0.